The molecular formula is C31H44N4O7. The third kappa shape index (κ3) is 11.0. The molecule has 0 bridgehead atoms. The van der Waals surface area contributed by atoms with Crippen LogP contribution in [0.25, 0.3) is 0 Å². The molecule has 0 aliphatic rings. The van der Waals surface area contributed by atoms with E-state index in [9.17, 15) is 19.2 Å². The normalized spacial score (nSPS) is 12.3. The van der Waals surface area contributed by atoms with Crippen molar-refractivity contribution in [2.45, 2.75) is 59.9 Å². The van der Waals surface area contributed by atoms with Crippen molar-refractivity contribution in [1.82, 2.24) is 20.5 Å². The van der Waals surface area contributed by atoms with E-state index in [1.165, 1.54) is 19.0 Å². The van der Waals surface area contributed by atoms with Gasteiger partial charge in [-0.1, -0.05) is 88.4 Å². The predicted molar refractivity (Wildman–Crippen MR) is 158 cm³/mol. The number of carbonyl (C=O) groups is 4. The number of esters is 1. The lowest BCUT2D eigenvalue weighted by molar-refractivity contribution is -0.159. The molecule has 0 unspecified atom stereocenters. The van der Waals surface area contributed by atoms with Crippen molar-refractivity contribution >= 4 is 24.1 Å². The number of nitrogens with zero attached hydrogens (tertiary/aromatic N) is 3. The van der Waals surface area contributed by atoms with Gasteiger partial charge < -0.3 is 14.2 Å². The topological polar surface area (TPSA) is 118 Å². The zero-order chi connectivity index (χ0) is 31.2. The Labute approximate surface area is 248 Å². The maximum absolute atomic E-state index is 13.8. The molecule has 0 saturated carbocycles. The highest BCUT2D eigenvalue weighted by molar-refractivity contribution is 5.86. The van der Waals surface area contributed by atoms with Gasteiger partial charge in [-0.05, 0) is 29.9 Å². The molecule has 230 valence electrons. The van der Waals surface area contributed by atoms with E-state index in [0.29, 0.717) is 6.54 Å². The molecule has 2 rings (SSSR count). The van der Waals surface area contributed by atoms with Crippen LogP contribution in [0.3, 0.4) is 0 Å². The number of ether oxygens (including phenoxy) is 3. The number of benzene rings is 2. The van der Waals surface area contributed by atoms with Crippen molar-refractivity contribution in [3.8, 4) is 0 Å². The van der Waals surface area contributed by atoms with Gasteiger partial charge in [0.15, 0.2) is 12.2 Å². The first-order valence-corrected chi connectivity index (χ1v) is 14.1. The SMILES string of the molecule is CNN(CC(C)C)C(=O)O[C@H](Cc1ccccc1)C(=O)N(C)N(CC(C)C)C(=O)O[C@H](C)C(=O)OCc1ccccc1. The van der Waals surface area contributed by atoms with Gasteiger partial charge in [-0.15, -0.1) is 0 Å². The van der Waals surface area contributed by atoms with Crippen molar-refractivity contribution in [1.29, 1.82) is 0 Å². The van der Waals surface area contributed by atoms with Crippen LogP contribution in [0.2, 0.25) is 0 Å². The van der Waals surface area contributed by atoms with Crippen LogP contribution in [0.15, 0.2) is 60.7 Å². The monoisotopic (exact) mass is 584 g/mol. The predicted octanol–water partition coefficient (Wildman–Crippen LogP) is 4.43. The standard InChI is InChI=1S/C31H44N4O7/c1-22(2)19-34(32-6)30(38)42-27(18-25-14-10-8-11-15-25)28(36)33(7)35(20-23(3)4)31(39)41-24(5)29(37)40-21-26-16-12-9-13-17-26/h8-17,22-24,27,32H,18-21H2,1-7H3/t24-,27-/m1/s1. The Hall–Kier alpha value is -4.12. The molecule has 0 saturated heterocycles. The van der Waals surface area contributed by atoms with E-state index in [0.717, 1.165) is 21.1 Å². The minimum Gasteiger partial charge on any atom is -0.458 e. The molecule has 1 N–H and O–H groups in total. The van der Waals surface area contributed by atoms with Gasteiger partial charge in [0.25, 0.3) is 5.91 Å². The lowest BCUT2D eigenvalue weighted by Crippen LogP contribution is -2.55. The maximum atomic E-state index is 13.8. The van der Waals surface area contributed by atoms with Crippen molar-refractivity contribution in [3.63, 3.8) is 0 Å². The van der Waals surface area contributed by atoms with Crippen LogP contribution in [0.1, 0.15) is 45.7 Å². The summed E-state index contributed by atoms with van der Waals surface area (Å²) in [4.78, 5) is 52.6. The van der Waals surface area contributed by atoms with E-state index in [-0.39, 0.29) is 31.4 Å². The van der Waals surface area contributed by atoms with E-state index in [1.54, 1.807) is 7.05 Å². The number of rotatable bonds is 13. The largest absolute Gasteiger partial charge is 0.458 e. The Morgan fingerprint density at radius 2 is 1.31 bits per heavy atom. The molecule has 0 aliphatic heterocycles. The number of amides is 3. The van der Waals surface area contributed by atoms with E-state index in [2.05, 4.69) is 5.43 Å². The van der Waals surface area contributed by atoms with Crippen LogP contribution in [0, 0.1) is 11.8 Å². The smallest absolute Gasteiger partial charge is 0.429 e. The van der Waals surface area contributed by atoms with Crippen molar-refractivity contribution < 1.29 is 33.4 Å². The fourth-order valence-corrected chi connectivity index (χ4v) is 3.91. The maximum Gasteiger partial charge on any atom is 0.429 e. The van der Waals surface area contributed by atoms with Crippen LogP contribution in [-0.2, 0) is 36.8 Å². The van der Waals surface area contributed by atoms with Gasteiger partial charge >= 0.3 is 18.2 Å². The average molecular weight is 585 g/mol. The van der Waals surface area contributed by atoms with Crippen molar-refractivity contribution in [3.05, 3.63) is 71.8 Å². The fraction of sp³-hybridized carbons (Fsp3) is 0.484. The molecule has 2 aromatic rings. The lowest BCUT2D eigenvalue weighted by Gasteiger charge is -2.35. The van der Waals surface area contributed by atoms with E-state index in [1.807, 2.05) is 88.4 Å². The van der Waals surface area contributed by atoms with Crippen LogP contribution in [0.4, 0.5) is 9.59 Å². The van der Waals surface area contributed by atoms with Crippen molar-refractivity contribution in [2.24, 2.45) is 11.8 Å². The van der Waals surface area contributed by atoms with Gasteiger partial charge in [-0.2, -0.15) is 0 Å². The third-order valence-electron chi connectivity index (χ3n) is 6.08. The molecule has 0 spiro atoms. The summed E-state index contributed by atoms with van der Waals surface area (Å²) in [5.41, 5.74) is 4.36. The molecule has 42 heavy (non-hydrogen) atoms. The molecule has 2 aromatic carbocycles. The first kappa shape index (κ1) is 34.1. The molecule has 11 nitrogen and oxygen atoms in total. The van der Waals surface area contributed by atoms with Crippen LogP contribution >= 0.6 is 0 Å². The highest BCUT2D eigenvalue weighted by atomic mass is 16.6. The van der Waals surface area contributed by atoms with E-state index in [4.69, 9.17) is 14.2 Å². The second kappa shape index (κ2) is 17.0. The summed E-state index contributed by atoms with van der Waals surface area (Å²) in [5, 5.41) is 3.47. The number of carbonyl (C=O) groups excluding carboxylic acids is 4. The Bertz CT molecular complexity index is 1140. The minimum absolute atomic E-state index is 0.0304. The van der Waals surface area contributed by atoms with Crippen LogP contribution < -0.4 is 5.43 Å². The molecule has 0 heterocycles. The van der Waals surface area contributed by atoms with Gasteiger partial charge in [0.2, 0.25) is 0 Å². The summed E-state index contributed by atoms with van der Waals surface area (Å²) in [6.45, 7) is 9.54. The molecule has 2 atom stereocenters. The summed E-state index contributed by atoms with van der Waals surface area (Å²) in [6, 6.07) is 18.3. The molecule has 0 aliphatic carbocycles. The zero-order valence-electron chi connectivity index (χ0n) is 25.6. The first-order valence-electron chi connectivity index (χ1n) is 14.1. The zero-order valence-corrected chi connectivity index (χ0v) is 25.6. The summed E-state index contributed by atoms with van der Waals surface area (Å²) < 4.78 is 16.4. The van der Waals surface area contributed by atoms with Gasteiger partial charge in [0.1, 0.15) is 6.61 Å². The summed E-state index contributed by atoms with van der Waals surface area (Å²) >= 11 is 0. The summed E-state index contributed by atoms with van der Waals surface area (Å²) in [6.07, 6.45) is -4.02. The number of nitrogens with one attached hydrogen (secondary N) is 1. The Kier molecular flexibility index (Phi) is 13.8. The fourth-order valence-electron chi connectivity index (χ4n) is 3.91. The molecular weight excluding hydrogens is 540 g/mol. The number of hydrogen-bond donors (Lipinski definition) is 1. The quantitative estimate of drug-likeness (QED) is 0.209. The third-order valence-corrected chi connectivity index (χ3v) is 6.08. The summed E-state index contributed by atoms with van der Waals surface area (Å²) in [5.74, 6) is -1.27. The van der Waals surface area contributed by atoms with E-state index < -0.39 is 36.3 Å². The second-order valence-corrected chi connectivity index (χ2v) is 10.7. The lowest BCUT2D eigenvalue weighted by atomic mass is 10.1. The molecule has 0 radical (unpaired) electrons. The van der Waals surface area contributed by atoms with Crippen LogP contribution in [0.5, 0.6) is 0 Å². The Morgan fingerprint density at radius 3 is 1.83 bits per heavy atom. The van der Waals surface area contributed by atoms with Gasteiger partial charge in [0.05, 0.1) is 0 Å². The molecule has 0 fully saturated rings. The first-order chi connectivity index (χ1) is 19.9. The van der Waals surface area contributed by atoms with Gasteiger partial charge in [-0.25, -0.2) is 34.8 Å². The molecule has 3 amide bonds. The highest BCUT2D eigenvalue weighted by Crippen LogP contribution is 2.15. The average Bonchev–Trinajstić information content (AvgIpc) is 2.96. The molecule has 11 heteroatoms. The van der Waals surface area contributed by atoms with Crippen molar-refractivity contribution in [2.75, 3.05) is 27.2 Å². The van der Waals surface area contributed by atoms with Crippen LogP contribution in [-0.4, -0.2) is 78.5 Å². The number of hydrazine groups is 2. The number of likely N-dealkylation sites (N-methyl/N-ethyl adjacent to an activating group) is 1. The highest BCUT2D eigenvalue weighted by Gasteiger charge is 2.35. The Balaban J connectivity index is 2.20. The number of hydrogen-bond acceptors (Lipinski definition) is 8. The second-order valence-electron chi connectivity index (χ2n) is 10.7. The molecule has 0 aromatic heterocycles. The van der Waals surface area contributed by atoms with E-state index >= 15 is 0 Å². The minimum atomic E-state index is -1.25. The Morgan fingerprint density at radius 1 is 0.762 bits per heavy atom. The summed E-state index contributed by atoms with van der Waals surface area (Å²) in [7, 11) is 3.00. The van der Waals surface area contributed by atoms with Gasteiger partial charge in [-0.3, -0.25) is 4.79 Å². The van der Waals surface area contributed by atoms with Gasteiger partial charge in [0, 0.05) is 33.6 Å².